The van der Waals surface area contributed by atoms with Crippen LogP contribution < -0.4 is 20.1 Å². The normalized spacial score (nSPS) is 10.3. The minimum Gasteiger partial charge on any atom is -0.494 e. The van der Waals surface area contributed by atoms with E-state index >= 15 is 0 Å². The second-order valence-corrected chi connectivity index (χ2v) is 6.18. The highest BCUT2D eigenvalue weighted by molar-refractivity contribution is 6.03. The fourth-order valence-electron chi connectivity index (χ4n) is 2.71. The van der Waals surface area contributed by atoms with Gasteiger partial charge in [-0.25, -0.2) is 9.97 Å². The van der Waals surface area contributed by atoms with Crippen LogP contribution >= 0.6 is 0 Å². The highest BCUT2D eigenvalue weighted by Gasteiger charge is 2.12. The number of aromatic nitrogens is 2. The number of anilines is 3. The molecule has 2 N–H and O–H groups in total. The highest BCUT2D eigenvalue weighted by atomic mass is 16.5. The van der Waals surface area contributed by atoms with Crippen LogP contribution in [0.3, 0.4) is 0 Å². The van der Waals surface area contributed by atoms with Gasteiger partial charge < -0.3 is 20.1 Å². The van der Waals surface area contributed by atoms with Crippen LogP contribution in [0.25, 0.3) is 0 Å². The number of hydrogen-bond donors (Lipinski definition) is 2. The first kappa shape index (κ1) is 20.1. The molecule has 7 nitrogen and oxygen atoms in total. The van der Waals surface area contributed by atoms with Crippen LogP contribution in [0.2, 0.25) is 0 Å². The summed E-state index contributed by atoms with van der Waals surface area (Å²) < 4.78 is 11.0. The summed E-state index contributed by atoms with van der Waals surface area (Å²) in [6.45, 7) is 6.79. The molecule has 0 bridgehead atoms. The largest absolute Gasteiger partial charge is 0.494 e. The molecule has 3 rings (SSSR count). The van der Waals surface area contributed by atoms with Gasteiger partial charge in [0.05, 0.1) is 18.9 Å². The Hall–Kier alpha value is -3.61. The number of carbonyl (C=O) groups excluding carboxylic acids is 1. The minimum atomic E-state index is -0.319. The molecule has 0 aliphatic rings. The Bertz CT molecular complexity index is 974. The maximum atomic E-state index is 12.7. The van der Waals surface area contributed by atoms with Gasteiger partial charge in [0.1, 0.15) is 17.2 Å². The molecule has 0 fully saturated rings. The zero-order valence-corrected chi connectivity index (χ0v) is 16.7. The third kappa shape index (κ3) is 5.44. The van der Waals surface area contributed by atoms with E-state index in [0.29, 0.717) is 36.3 Å². The summed E-state index contributed by atoms with van der Waals surface area (Å²) in [4.78, 5) is 21.4. The van der Waals surface area contributed by atoms with E-state index in [-0.39, 0.29) is 11.6 Å². The Morgan fingerprint density at radius 3 is 2.41 bits per heavy atom. The molecule has 0 atom stereocenters. The lowest BCUT2D eigenvalue weighted by atomic mass is 10.2. The Labute approximate surface area is 170 Å². The van der Waals surface area contributed by atoms with Crippen molar-refractivity contribution in [3.8, 4) is 11.5 Å². The number of aryl methyl sites for hydroxylation is 1. The van der Waals surface area contributed by atoms with Crippen LogP contribution in [0.4, 0.5) is 17.3 Å². The van der Waals surface area contributed by atoms with Crippen LogP contribution in [0, 0.1) is 6.92 Å². The molecule has 0 aliphatic heterocycles. The van der Waals surface area contributed by atoms with Crippen molar-refractivity contribution in [2.24, 2.45) is 0 Å². The molecule has 0 saturated heterocycles. The van der Waals surface area contributed by atoms with Crippen LogP contribution in [0.5, 0.6) is 11.5 Å². The number of amides is 1. The average molecular weight is 392 g/mol. The maximum Gasteiger partial charge on any atom is 0.274 e. The van der Waals surface area contributed by atoms with Gasteiger partial charge in [-0.2, -0.15) is 0 Å². The molecule has 150 valence electrons. The third-order valence-corrected chi connectivity index (χ3v) is 3.94. The van der Waals surface area contributed by atoms with E-state index in [2.05, 4.69) is 20.6 Å². The predicted octanol–water partition coefficient (Wildman–Crippen LogP) is 4.58. The number of carbonyl (C=O) groups is 1. The minimum absolute atomic E-state index is 0.266. The van der Waals surface area contributed by atoms with Crippen LogP contribution in [-0.2, 0) is 0 Å². The molecule has 0 radical (unpaired) electrons. The van der Waals surface area contributed by atoms with E-state index in [0.717, 1.165) is 11.4 Å². The lowest BCUT2D eigenvalue weighted by molar-refractivity contribution is 0.102. The topological polar surface area (TPSA) is 85.4 Å². The molecule has 29 heavy (non-hydrogen) atoms. The molecule has 0 aliphatic carbocycles. The van der Waals surface area contributed by atoms with E-state index in [9.17, 15) is 4.79 Å². The second-order valence-electron chi connectivity index (χ2n) is 6.18. The first-order chi connectivity index (χ1) is 14.1. The predicted molar refractivity (Wildman–Crippen MR) is 113 cm³/mol. The standard InChI is InChI=1S/C22H24N4O3/c1-4-28-17-12-10-16(11-13-17)24-21(27)19-14-15(3)23-22(26-19)25-18-8-6-7-9-20(18)29-5-2/h6-14H,4-5H2,1-3H3,(H,24,27)(H,23,25,26). The van der Waals surface area contributed by atoms with Gasteiger partial charge in [-0.3, -0.25) is 4.79 Å². The molecule has 1 heterocycles. The third-order valence-electron chi connectivity index (χ3n) is 3.94. The van der Waals surface area contributed by atoms with Crippen molar-refractivity contribution in [2.75, 3.05) is 23.8 Å². The van der Waals surface area contributed by atoms with Gasteiger partial charge in [-0.05, 0) is 63.2 Å². The molecule has 2 aromatic carbocycles. The Balaban J connectivity index is 1.77. The van der Waals surface area contributed by atoms with E-state index in [1.54, 1.807) is 18.2 Å². The van der Waals surface area contributed by atoms with E-state index in [1.807, 2.05) is 57.2 Å². The maximum absolute atomic E-state index is 12.7. The summed E-state index contributed by atoms with van der Waals surface area (Å²) >= 11 is 0. The van der Waals surface area contributed by atoms with Crippen LogP contribution in [0.15, 0.2) is 54.6 Å². The van der Waals surface area contributed by atoms with Crippen molar-refractivity contribution in [3.63, 3.8) is 0 Å². The quantitative estimate of drug-likeness (QED) is 0.584. The fraction of sp³-hybridized carbons (Fsp3) is 0.227. The summed E-state index contributed by atoms with van der Waals surface area (Å²) in [7, 11) is 0. The van der Waals surface area contributed by atoms with Crippen molar-refractivity contribution >= 4 is 23.2 Å². The van der Waals surface area contributed by atoms with Crippen molar-refractivity contribution in [2.45, 2.75) is 20.8 Å². The zero-order valence-electron chi connectivity index (χ0n) is 16.7. The van der Waals surface area contributed by atoms with Crippen molar-refractivity contribution in [1.82, 2.24) is 9.97 Å². The number of ether oxygens (including phenoxy) is 2. The Morgan fingerprint density at radius 1 is 0.966 bits per heavy atom. The molecular formula is C22H24N4O3. The smallest absolute Gasteiger partial charge is 0.274 e. The molecule has 1 aromatic heterocycles. The van der Waals surface area contributed by atoms with Gasteiger partial charge in [-0.15, -0.1) is 0 Å². The monoisotopic (exact) mass is 392 g/mol. The number of para-hydroxylation sites is 2. The van der Waals surface area contributed by atoms with E-state index in [4.69, 9.17) is 9.47 Å². The number of nitrogens with zero attached hydrogens (tertiary/aromatic N) is 2. The van der Waals surface area contributed by atoms with Gasteiger partial charge in [0.25, 0.3) is 5.91 Å². The summed E-state index contributed by atoms with van der Waals surface area (Å²) in [6.07, 6.45) is 0. The molecule has 1 amide bonds. The summed E-state index contributed by atoms with van der Waals surface area (Å²) in [5.74, 6) is 1.46. The number of rotatable bonds is 8. The average Bonchev–Trinajstić information content (AvgIpc) is 2.71. The number of benzene rings is 2. The van der Waals surface area contributed by atoms with Crippen molar-refractivity contribution in [1.29, 1.82) is 0 Å². The van der Waals surface area contributed by atoms with Crippen molar-refractivity contribution in [3.05, 3.63) is 66.0 Å². The lowest BCUT2D eigenvalue weighted by Crippen LogP contribution is -2.15. The fourth-order valence-corrected chi connectivity index (χ4v) is 2.71. The second kappa shape index (κ2) is 9.54. The zero-order chi connectivity index (χ0) is 20.6. The molecule has 3 aromatic rings. The summed E-state index contributed by atoms with van der Waals surface area (Å²) in [6, 6.07) is 16.3. The molecular weight excluding hydrogens is 368 g/mol. The lowest BCUT2D eigenvalue weighted by Gasteiger charge is -2.12. The van der Waals surface area contributed by atoms with Crippen molar-refractivity contribution < 1.29 is 14.3 Å². The number of hydrogen-bond acceptors (Lipinski definition) is 6. The summed E-state index contributed by atoms with van der Waals surface area (Å²) in [5.41, 5.74) is 2.33. The SMILES string of the molecule is CCOc1ccc(NC(=O)c2cc(C)nc(Nc3ccccc3OCC)n2)cc1. The molecule has 0 spiro atoms. The Morgan fingerprint density at radius 2 is 1.69 bits per heavy atom. The molecule has 0 unspecified atom stereocenters. The van der Waals surface area contributed by atoms with E-state index in [1.165, 1.54) is 0 Å². The summed E-state index contributed by atoms with van der Waals surface area (Å²) in [5, 5.41) is 5.98. The van der Waals surface area contributed by atoms with Gasteiger partial charge >= 0.3 is 0 Å². The van der Waals surface area contributed by atoms with Gasteiger partial charge in [0, 0.05) is 11.4 Å². The van der Waals surface area contributed by atoms with Gasteiger partial charge in [0.2, 0.25) is 5.95 Å². The van der Waals surface area contributed by atoms with E-state index < -0.39 is 0 Å². The molecule has 0 saturated carbocycles. The van der Waals surface area contributed by atoms with Gasteiger partial charge in [-0.1, -0.05) is 12.1 Å². The van der Waals surface area contributed by atoms with Gasteiger partial charge in [0.15, 0.2) is 0 Å². The first-order valence-corrected chi connectivity index (χ1v) is 9.47. The Kier molecular flexibility index (Phi) is 6.63. The molecule has 7 heteroatoms. The van der Waals surface area contributed by atoms with Crippen LogP contribution in [-0.4, -0.2) is 29.1 Å². The first-order valence-electron chi connectivity index (χ1n) is 9.47. The number of nitrogens with one attached hydrogen (secondary N) is 2. The highest BCUT2D eigenvalue weighted by Crippen LogP contribution is 2.26. The van der Waals surface area contributed by atoms with Crippen LogP contribution in [0.1, 0.15) is 30.0 Å².